The second-order valence-corrected chi connectivity index (χ2v) is 7.25. The van der Waals surface area contributed by atoms with Crippen molar-refractivity contribution in [3.63, 3.8) is 0 Å². The van der Waals surface area contributed by atoms with Gasteiger partial charge in [-0.1, -0.05) is 0 Å². The lowest BCUT2D eigenvalue weighted by molar-refractivity contribution is -0.131. The third kappa shape index (κ3) is 2.70. The molecule has 3 saturated heterocycles. The number of amides is 2. The Labute approximate surface area is 142 Å². The molecule has 0 bridgehead atoms. The minimum atomic E-state index is -0.0132. The average molecular weight is 331 g/mol. The Morgan fingerprint density at radius 3 is 2.67 bits per heavy atom. The zero-order valence-corrected chi connectivity index (χ0v) is 14.2. The van der Waals surface area contributed by atoms with Gasteiger partial charge in [0, 0.05) is 51.9 Å². The molecule has 0 spiro atoms. The highest BCUT2D eigenvalue weighted by Gasteiger charge is 2.47. The molecule has 4 rings (SSSR count). The topological polar surface area (TPSA) is 61.7 Å². The van der Waals surface area contributed by atoms with Crippen molar-refractivity contribution in [2.75, 3.05) is 45.8 Å². The summed E-state index contributed by atoms with van der Waals surface area (Å²) >= 11 is 0. The van der Waals surface area contributed by atoms with Crippen LogP contribution in [0.4, 0.5) is 0 Å². The molecule has 0 saturated carbocycles. The van der Waals surface area contributed by atoms with Crippen molar-refractivity contribution < 1.29 is 9.59 Å². The molecule has 7 heteroatoms. The summed E-state index contributed by atoms with van der Waals surface area (Å²) in [5.41, 5.74) is 0.591. The Balaban J connectivity index is 1.34. The fourth-order valence-corrected chi connectivity index (χ4v) is 4.32. The molecule has 0 radical (unpaired) electrons. The monoisotopic (exact) mass is 331 g/mol. The molecule has 130 valence electrons. The Hall–Kier alpha value is -1.89. The third-order valence-electron chi connectivity index (χ3n) is 5.74. The van der Waals surface area contributed by atoms with E-state index < -0.39 is 0 Å². The van der Waals surface area contributed by atoms with Crippen LogP contribution < -0.4 is 0 Å². The van der Waals surface area contributed by atoms with Crippen LogP contribution in [0.2, 0.25) is 0 Å². The summed E-state index contributed by atoms with van der Waals surface area (Å²) in [6, 6.07) is 1.74. The maximum Gasteiger partial charge on any atom is 0.272 e. The van der Waals surface area contributed by atoms with Gasteiger partial charge in [0.15, 0.2) is 0 Å². The Morgan fingerprint density at radius 2 is 2.00 bits per heavy atom. The van der Waals surface area contributed by atoms with Gasteiger partial charge in [0.25, 0.3) is 5.91 Å². The van der Waals surface area contributed by atoms with Gasteiger partial charge < -0.3 is 14.7 Å². The number of fused-ring (bicyclic) bond motifs is 1. The number of carbonyl (C=O) groups excluding carboxylic acids is 2. The van der Waals surface area contributed by atoms with Crippen molar-refractivity contribution in [3.05, 3.63) is 18.0 Å². The molecule has 3 fully saturated rings. The summed E-state index contributed by atoms with van der Waals surface area (Å²) in [6.07, 6.45) is 4.20. The second kappa shape index (κ2) is 6.20. The molecule has 0 N–H and O–H groups in total. The van der Waals surface area contributed by atoms with E-state index in [1.165, 1.54) is 25.9 Å². The van der Waals surface area contributed by atoms with E-state index in [1.807, 2.05) is 9.80 Å². The zero-order valence-electron chi connectivity index (χ0n) is 14.2. The first-order valence-corrected chi connectivity index (χ1v) is 8.92. The fourth-order valence-electron chi connectivity index (χ4n) is 4.32. The van der Waals surface area contributed by atoms with Crippen LogP contribution in [0.25, 0.3) is 0 Å². The third-order valence-corrected chi connectivity index (χ3v) is 5.74. The van der Waals surface area contributed by atoms with E-state index in [9.17, 15) is 9.59 Å². The number of carbonyl (C=O) groups is 2. The molecule has 0 aliphatic carbocycles. The van der Waals surface area contributed by atoms with Crippen LogP contribution >= 0.6 is 0 Å². The SMILES string of the molecule is Cn1nccc1C(=O)N1C[C@H]2CN(CCN3CCCC3)C(=O)[C@H]2C1. The van der Waals surface area contributed by atoms with Gasteiger partial charge >= 0.3 is 0 Å². The molecule has 3 aliphatic heterocycles. The lowest BCUT2D eigenvalue weighted by Crippen LogP contribution is -2.39. The van der Waals surface area contributed by atoms with Crippen molar-refractivity contribution in [1.29, 1.82) is 0 Å². The molecule has 24 heavy (non-hydrogen) atoms. The Bertz CT molecular complexity index is 637. The number of rotatable bonds is 4. The average Bonchev–Trinajstić information content (AvgIpc) is 3.32. The fraction of sp³-hybridized carbons (Fsp3) is 0.706. The van der Waals surface area contributed by atoms with Crippen molar-refractivity contribution >= 4 is 11.8 Å². The van der Waals surface area contributed by atoms with Gasteiger partial charge in [0.2, 0.25) is 5.91 Å². The Kier molecular flexibility index (Phi) is 4.04. The minimum Gasteiger partial charge on any atom is -0.341 e. The highest BCUT2D eigenvalue weighted by molar-refractivity contribution is 5.93. The van der Waals surface area contributed by atoms with Gasteiger partial charge in [0.1, 0.15) is 5.69 Å². The summed E-state index contributed by atoms with van der Waals surface area (Å²) < 4.78 is 1.60. The molecular formula is C17H25N5O2. The maximum absolute atomic E-state index is 12.7. The molecule has 2 amide bonds. The second-order valence-electron chi connectivity index (χ2n) is 7.25. The maximum atomic E-state index is 12.7. The molecule has 1 aromatic rings. The van der Waals surface area contributed by atoms with Crippen LogP contribution in [0.5, 0.6) is 0 Å². The van der Waals surface area contributed by atoms with Crippen molar-refractivity contribution in [3.8, 4) is 0 Å². The van der Waals surface area contributed by atoms with Gasteiger partial charge in [-0.05, 0) is 32.0 Å². The first-order chi connectivity index (χ1) is 11.6. The van der Waals surface area contributed by atoms with E-state index in [0.29, 0.717) is 18.8 Å². The first kappa shape index (κ1) is 15.6. The van der Waals surface area contributed by atoms with E-state index in [-0.39, 0.29) is 23.7 Å². The predicted octanol–water partition coefficient (Wildman–Crippen LogP) is 0.0463. The predicted molar refractivity (Wildman–Crippen MR) is 88.3 cm³/mol. The molecule has 2 atom stereocenters. The zero-order chi connectivity index (χ0) is 16.7. The van der Waals surface area contributed by atoms with Gasteiger partial charge in [-0.2, -0.15) is 5.10 Å². The lowest BCUT2D eigenvalue weighted by Gasteiger charge is -2.24. The molecule has 1 aromatic heterocycles. The largest absolute Gasteiger partial charge is 0.341 e. The molecule has 7 nitrogen and oxygen atoms in total. The molecule has 4 heterocycles. The van der Waals surface area contributed by atoms with Gasteiger partial charge in [-0.3, -0.25) is 14.3 Å². The molecule has 0 aromatic carbocycles. The van der Waals surface area contributed by atoms with E-state index in [4.69, 9.17) is 0 Å². The van der Waals surface area contributed by atoms with Gasteiger partial charge in [-0.25, -0.2) is 0 Å². The van der Waals surface area contributed by atoms with Gasteiger partial charge in [0.05, 0.1) is 5.92 Å². The van der Waals surface area contributed by atoms with E-state index in [2.05, 4.69) is 10.00 Å². The normalized spacial score (nSPS) is 27.3. The standard InChI is InChI=1S/C17H25N5O2/c1-19-15(4-5-18-19)17(24)22-11-13-10-21(16(23)14(13)12-22)9-8-20-6-2-3-7-20/h4-5,13-14H,2-3,6-12H2,1H3/t13-,14+/m1/s1. The molecular weight excluding hydrogens is 306 g/mol. The summed E-state index contributed by atoms with van der Waals surface area (Å²) in [5.74, 6) is 0.495. The Morgan fingerprint density at radius 1 is 1.21 bits per heavy atom. The van der Waals surface area contributed by atoms with Crippen LogP contribution in [-0.2, 0) is 11.8 Å². The number of nitrogens with zero attached hydrogens (tertiary/aromatic N) is 5. The highest BCUT2D eigenvalue weighted by atomic mass is 16.2. The van der Waals surface area contributed by atoms with E-state index >= 15 is 0 Å². The van der Waals surface area contributed by atoms with Crippen LogP contribution in [0.15, 0.2) is 12.3 Å². The number of aryl methyl sites for hydroxylation is 1. The lowest BCUT2D eigenvalue weighted by atomic mass is 10.0. The van der Waals surface area contributed by atoms with Crippen molar-refractivity contribution in [2.45, 2.75) is 12.8 Å². The minimum absolute atomic E-state index is 0.0131. The molecule has 3 aliphatic rings. The number of aromatic nitrogens is 2. The van der Waals surface area contributed by atoms with Crippen LogP contribution in [-0.4, -0.2) is 82.1 Å². The number of hydrogen-bond acceptors (Lipinski definition) is 4. The van der Waals surface area contributed by atoms with E-state index in [0.717, 1.165) is 19.6 Å². The number of hydrogen-bond donors (Lipinski definition) is 0. The summed E-state index contributed by atoms with van der Waals surface area (Å²) in [6.45, 7) is 6.19. The van der Waals surface area contributed by atoms with Crippen molar-refractivity contribution in [1.82, 2.24) is 24.5 Å². The van der Waals surface area contributed by atoms with Crippen LogP contribution in [0.1, 0.15) is 23.3 Å². The van der Waals surface area contributed by atoms with Crippen molar-refractivity contribution in [2.24, 2.45) is 18.9 Å². The summed E-state index contributed by atoms with van der Waals surface area (Å²) in [5, 5.41) is 4.06. The van der Waals surface area contributed by atoms with Gasteiger partial charge in [-0.15, -0.1) is 0 Å². The first-order valence-electron chi connectivity index (χ1n) is 8.92. The molecule has 0 unspecified atom stereocenters. The van der Waals surface area contributed by atoms with E-state index in [1.54, 1.807) is 24.0 Å². The quantitative estimate of drug-likeness (QED) is 0.782. The van der Waals surface area contributed by atoms with Crippen LogP contribution in [0.3, 0.4) is 0 Å². The number of likely N-dealkylation sites (tertiary alicyclic amines) is 3. The summed E-state index contributed by atoms with van der Waals surface area (Å²) in [7, 11) is 1.77. The smallest absolute Gasteiger partial charge is 0.272 e. The summed E-state index contributed by atoms with van der Waals surface area (Å²) in [4.78, 5) is 31.5. The van der Waals surface area contributed by atoms with Crippen LogP contribution in [0, 0.1) is 11.8 Å². The highest BCUT2D eigenvalue weighted by Crippen LogP contribution is 2.32.